The number of rotatable bonds is 7. The molecule has 72 heavy (non-hydrogen) atoms. The van der Waals surface area contributed by atoms with Crippen LogP contribution in [0.15, 0.2) is 173 Å². The van der Waals surface area contributed by atoms with Gasteiger partial charge in [0.2, 0.25) is 0 Å². The van der Waals surface area contributed by atoms with Crippen LogP contribution in [-0.4, -0.2) is 22.6 Å². The number of hydrogen-bond donors (Lipinski definition) is 2. The van der Waals surface area contributed by atoms with Crippen LogP contribution in [0.4, 0.5) is 11.4 Å². The van der Waals surface area contributed by atoms with E-state index in [4.69, 9.17) is 9.73 Å². The van der Waals surface area contributed by atoms with Gasteiger partial charge in [-0.05, 0) is 166 Å². The number of anilines is 2. The van der Waals surface area contributed by atoms with E-state index in [2.05, 4.69) is 165 Å². The van der Waals surface area contributed by atoms with Crippen molar-refractivity contribution in [1.29, 1.82) is 5.26 Å². The van der Waals surface area contributed by atoms with Crippen LogP contribution in [0.2, 0.25) is 0 Å². The molecule has 3 aromatic carbocycles. The SMILES string of the molecule is N#Cc1cc(C2NC(c3ccc(C4CC=CCC4)cc3)=NC(C3=CCCC=C3)N2)c(N2C3=C(CCC=C3)OC3=C2CCC=C3)cc1-n1c2c(c3c1CC1C(C3)c3ccccc3N1C1=CCCC=C1)CCCC2. The molecule has 7 aliphatic carbocycles. The molecule has 0 fully saturated rings. The molecule has 2 N–H and O–H groups in total. The van der Waals surface area contributed by atoms with Crippen LogP contribution in [0.25, 0.3) is 5.69 Å². The normalized spacial score (nSPS) is 25.8. The summed E-state index contributed by atoms with van der Waals surface area (Å²) in [5.74, 6) is 3.74. The number of aromatic nitrogens is 1. The first kappa shape index (κ1) is 43.7. The minimum absolute atomic E-state index is 0.283. The first-order valence-corrected chi connectivity index (χ1v) is 27.2. The third kappa shape index (κ3) is 7.37. The molecule has 5 unspecified atom stereocenters. The van der Waals surface area contributed by atoms with Crippen LogP contribution in [0.1, 0.15) is 152 Å². The highest BCUT2D eigenvalue weighted by Gasteiger charge is 2.46. The highest BCUT2D eigenvalue weighted by molar-refractivity contribution is 6.00. The van der Waals surface area contributed by atoms with Gasteiger partial charge in [-0.3, -0.25) is 5.32 Å². The Kier molecular flexibility index (Phi) is 11.0. The van der Waals surface area contributed by atoms with E-state index in [-0.39, 0.29) is 18.4 Å². The largest absolute Gasteiger partial charge is 0.458 e. The summed E-state index contributed by atoms with van der Waals surface area (Å²) in [4.78, 5) is 10.6. The van der Waals surface area contributed by atoms with E-state index in [0.717, 1.165) is 142 Å². The van der Waals surface area contributed by atoms with Crippen LogP contribution in [0.3, 0.4) is 0 Å². The summed E-state index contributed by atoms with van der Waals surface area (Å²) in [6.45, 7) is 0. The van der Waals surface area contributed by atoms with Crippen molar-refractivity contribution in [2.24, 2.45) is 4.99 Å². The van der Waals surface area contributed by atoms with E-state index in [1.165, 1.54) is 69.1 Å². The van der Waals surface area contributed by atoms with Crippen molar-refractivity contribution < 1.29 is 4.74 Å². The van der Waals surface area contributed by atoms with Crippen LogP contribution >= 0.6 is 0 Å². The summed E-state index contributed by atoms with van der Waals surface area (Å²) in [5.41, 5.74) is 19.7. The molecule has 3 aliphatic heterocycles. The van der Waals surface area contributed by atoms with Gasteiger partial charge in [0.15, 0.2) is 0 Å². The van der Waals surface area contributed by atoms with Gasteiger partial charge in [-0.2, -0.15) is 5.26 Å². The molecule has 0 bridgehead atoms. The van der Waals surface area contributed by atoms with Crippen molar-refractivity contribution in [2.45, 2.75) is 139 Å². The molecule has 4 heterocycles. The molecule has 360 valence electrons. The standard InChI is InChI=1S/C64H63N7O/c65-40-45-36-51(64-67-62(43-20-6-2-7-21-43)66-63(68-64)44-34-32-42(33-35-44)41-18-4-1-5-19-41)59(71-54-28-14-16-30-60(54)72-61-31-17-15-29-55(61)71)38-56(45)70-53-27-13-11-25-48(53)50-37-49-47-24-10-12-26-52(47)69(57(49)39-58(50)70)46-22-8-3-9-23-46/h1,4,6,8,10,12,14,17,20-24,26,28,31-36,38,41,49,57,62,64,67H,2-3,5,7,9,11,13,15-16,18-19,25,27,29-30,37,39H2,(H,66,68). The van der Waals surface area contributed by atoms with E-state index in [9.17, 15) is 5.26 Å². The van der Waals surface area contributed by atoms with Crippen molar-refractivity contribution >= 4 is 17.2 Å². The molecule has 0 amide bonds. The molecule has 0 spiro atoms. The fourth-order valence-corrected chi connectivity index (χ4v) is 13.9. The quantitative estimate of drug-likeness (QED) is 0.180. The van der Waals surface area contributed by atoms with Gasteiger partial charge in [0.05, 0.1) is 28.3 Å². The number of nitrogens with one attached hydrogen (secondary N) is 2. The van der Waals surface area contributed by atoms with Crippen molar-refractivity contribution in [1.82, 2.24) is 15.2 Å². The van der Waals surface area contributed by atoms with Gasteiger partial charge in [0.1, 0.15) is 35.8 Å². The minimum Gasteiger partial charge on any atom is -0.458 e. The van der Waals surface area contributed by atoms with E-state index in [1.54, 1.807) is 0 Å². The molecular formula is C64H63N7O. The maximum Gasteiger partial charge on any atom is 0.146 e. The lowest BCUT2D eigenvalue weighted by Gasteiger charge is -2.41. The summed E-state index contributed by atoms with van der Waals surface area (Å²) in [6, 6.07) is 26.1. The lowest BCUT2D eigenvalue weighted by atomic mass is 9.78. The summed E-state index contributed by atoms with van der Waals surface area (Å²) in [7, 11) is 0. The van der Waals surface area contributed by atoms with Crippen molar-refractivity contribution in [2.75, 3.05) is 9.80 Å². The zero-order valence-corrected chi connectivity index (χ0v) is 41.3. The third-order valence-electron chi connectivity index (χ3n) is 17.3. The second kappa shape index (κ2) is 18.2. The number of benzene rings is 3. The lowest BCUT2D eigenvalue weighted by molar-refractivity contribution is 0.281. The fourth-order valence-electron chi connectivity index (χ4n) is 13.9. The molecule has 8 heteroatoms. The Balaban J connectivity index is 0.950. The predicted octanol–water partition coefficient (Wildman–Crippen LogP) is 13.6. The Morgan fingerprint density at radius 1 is 0.694 bits per heavy atom. The average molecular weight is 946 g/mol. The first-order chi connectivity index (χ1) is 35.7. The number of aliphatic imine (C=N–C) groups is 1. The van der Waals surface area contributed by atoms with E-state index in [0.29, 0.717) is 17.4 Å². The predicted molar refractivity (Wildman–Crippen MR) is 289 cm³/mol. The van der Waals surface area contributed by atoms with Gasteiger partial charge in [-0.15, -0.1) is 0 Å². The number of nitriles is 1. The monoisotopic (exact) mass is 946 g/mol. The smallest absolute Gasteiger partial charge is 0.146 e. The van der Waals surface area contributed by atoms with Gasteiger partial charge in [0, 0.05) is 58.7 Å². The fraction of sp³-hybridized carbons (Fsp3) is 0.344. The second-order valence-electron chi connectivity index (χ2n) is 21.4. The summed E-state index contributed by atoms with van der Waals surface area (Å²) >= 11 is 0. The van der Waals surface area contributed by atoms with Gasteiger partial charge in [-0.25, -0.2) is 4.99 Å². The molecule has 14 rings (SSSR count). The van der Waals surface area contributed by atoms with E-state index >= 15 is 0 Å². The molecule has 0 saturated heterocycles. The first-order valence-electron chi connectivity index (χ1n) is 27.2. The average Bonchev–Trinajstić information content (AvgIpc) is 3.96. The Labute approximate surface area is 424 Å². The molecule has 1 aromatic heterocycles. The Hall–Kier alpha value is -7.08. The maximum absolute atomic E-state index is 11.7. The molecule has 0 radical (unpaired) electrons. The topological polar surface area (TPSA) is 80.9 Å². The van der Waals surface area contributed by atoms with Crippen molar-refractivity contribution in [3.8, 4) is 11.8 Å². The van der Waals surface area contributed by atoms with Gasteiger partial charge < -0.3 is 24.4 Å². The Morgan fingerprint density at radius 3 is 2.39 bits per heavy atom. The number of fused-ring (bicyclic) bond motifs is 6. The molecular weight excluding hydrogens is 883 g/mol. The van der Waals surface area contributed by atoms with Crippen molar-refractivity contribution in [3.05, 3.63) is 218 Å². The number of amidine groups is 1. The molecule has 4 aromatic rings. The molecule has 0 saturated carbocycles. The highest BCUT2D eigenvalue weighted by atomic mass is 16.5. The zero-order chi connectivity index (χ0) is 47.7. The number of nitrogens with zero attached hydrogens (tertiary/aromatic N) is 5. The van der Waals surface area contributed by atoms with Gasteiger partial charge >= 0.3 is 0 Å². The molecule has 8 nitrogen and oxygen atoms in total. The lowest BCUT2D eigenvalue weighted by Crippen LogP contribution is -2.49. The van der Waals surface area contributed by atoms with E-state index < -0.39 is 0 Å². The maximum atomic E-state index is 11.7. The minimum atomic E-state index is -0.378. The zero-order valence-electron chi connectivity index (χ0n) is 41.3. The number of para-hydroxylation sites is 1. The van der Waals surface area contributed by atoms with Crippen LogP contribution in [0, 0.1) is 11.3 Å². The highest BCUT2D eigenvalue weighted by Crippen LogP contribution is 2.52. The van der Waals surface area contributed by atoms with Crippen LogP contribution in [-0.2, 0) is 30.4 Å². The summed E-state index contributed by atoms with van der Waals surface area (Å²) in [5, 5.41) is 19.7. The van der Waals surface area contributed by atoms with Gasteiger partial charge in [-0.1, -0.05) is 97.1 Å². The van der Waals surface area contributed by atoms with Crippen molar-refractivity contribution in [3.63, 3.8) is 0 Å². The second-order valence-corrected chi connectivity index (χ2v) is 21.4. The number of allylic oxidation sites excluding steroid dienone is 13. The summed E-state index contributed by atoms with van der Waals surface area (Å²) in [6.07, 6.45) is 44.6. The Bertz CT molecular complexity index is 3260. The number of ether oxygens (including phenoxy) is 1. The molecule has 10 aliphatic rings. The Morgan fingerprint density at radius 2 is 1.54 bits per heavy atom. The van der Waals surface area contributed by atoms with Crippen LogP contribution in [0.5, 0.6) is 0 Å². The van der Waals surface area contributed by atoms with Gasteiger partial charge in [0.25, 0.3) is 0 Å². The third-order valence-corrected chi connectivity index (χ3v) is 17.3. The summed E-state index contributed by atoms with van der Waals surface area (Å²) < 4.78 is 9.43. The van der Waals surface area contributed by atoms with Crippen LogP contribution < -0.4 is 20.4 Å². The molecule has 5 atom stereocenters. The van der Waals surface area contributed by atoms with E-state index in [1.807, 2.05) is 0 Å². The number of hydrogen-bond acceptors (Lipinski definition) is 7.